The molecule has 2 atom stereocenters. The molecular formula is C4H9FNO7P. The Morgan fingerprint density at radius 2 is 2.00 bits per heavy atom. The van der Waals surface area contributed by atoms with Gasteiger partial charge in [0, 0.05) is 0 Å². The van der Waals surface area contributed by atoms with E-state index < -0.39 is 26.4 Å². The first kappa shape index (κ1) is 13.3. The summed E-state index contributed by atoms with van der Waals surface area (Å²) in [7, 11) is -4.64. The van der Waals surface area contributed by atoms with Crippen molar-refractivity contribution in [2.45, 2.75) is 12.5 Å². The summed E-state index contributed by atoms with van der Waals surface area (Å²) in [6.07, 6.45) is -3.79. The summed E-state index contributed by atoms with van der Waals surface area (Å²) >= 11 is 0. The van der Waals surface area contributed by atoms with E-state index >= 15 is 0 Å². The number of ether oxygens (including phenoxy) is 1. The highest BCUT2D eigenvalue weighted by Crippen LogP contribution is 2.25. The molecule has 10 heteroatoms. The summed E-state index contributed by atoms with van der Waals surface area (Å²) in [5.41, 5.74) is 0. The van der Waals surface area contributed by atoms with E-state index in [4.69, 9.17) is 24.4 Å². The number of aliphatic hydroxyl groups excluding tert-OH is 1. The molecule has 0 radical (unpaired) electrons. The molecule has 1 amide bonds. The molecule has 14 heavy (non-hydrogen) atoms. The number of hydrogen-bond donors (Lipinski definition) is 5. The molecule has 0 aromatic heterocycles. The fraction of sp³-hybridized carbons (Fsp3) is 0.750. The average Bonchev–Trinajstić information content (AvgIpc) is 2.31. The number of carbonyl (C=O) groups excluding carboxylic acids is 1. The lowest BCUT2D eigenvalue weighted by molar-refractivity contribution is -0.0504. The molecule has 8 nitrogen and oxygen atoms in total. The van der Waals surface area contributed by atoms with Crippen molar-refractivity contribution in [1.29, 1.82) is 0 Å². The number of amides is 1. The molecule has 0 aromatic rings. The highest BCUT2D eigenvalue weighted by atomic mass is 31.2. The molecule has 2 unspecified atom stereocenters. The first-order valence-electron chi connectivity index (χ1n) is 3.25. The first-order valence-corrected chi connectivity index (χ1v) is 4.81. The van der Waals surface area contributed by atoms with Gasteiger partial charge < -0.3 is 29.8 Å². The molecule has 5 N–H and O–H groups in total. The molecule has 1 fully saturated rings. The molecule has 1 saturated heterocycles. The van der Waals surface area contributed by atoms with Crippen LogP contribution in [0.2, 0.25) is 0 Å². The maximum atomic E-state index is 11.8. The number of halogens is 1. The van der Waals surface area contributed by atoms with E-state index in [-0.39, 0.29) is 6.54 Å². The molecule has 1 aliphatic heterocycles. The summed E-state index contributed by atoms with van der Waals surface area (Å²) < 4.78 is 24.9. The van der Waals surface area contributed by atoms with Gasteiger partial charge in [0.1, 0.15) is 0 Å². The van der Waals surface area contributed by atoms with Gasteiger partial charge in [-0.05, 0) is 0 Å². The topological polar surface area (TPSA) is 136 Å². The van der Waals surface area contributed by atoms with Gasteiger partial charge in [0.25, 0.3) is 0 Å². The summed E-state index contributed by atoms with van der Waals surface area (Å²) in [4.78, 5) is 31.7. The fourth-order valence-electron chi connectivity index (χ4n) is 0.558. The van der Waals surface area contributed by atoms with Gasteiger partial charge in [-0.2, -0.15) is 0 Å². The molecular weight excluding hydrogens is 224 g/mol. The quantitative estimate of drug-likeness (QED) is 0.346. The van der Waals surface area contributed by atoms with Crippen molar-refractivity contribution in [3.8, 4) is 0 Å². The van der Waals surface area contributed by atoms with E-state index in [1.54, 1.807) is 0 Å². The van der Waals surface area contributed by atoms with Crippen molar-refractivity contribution >= 4 is 13.9 Å². The summed E-state index contributed by atoms with van der Waals surface area (Å²) in [5, 5.41) is 10.4. The number of aliphatic hydroxyl groups is 1. The highest BCUT2D eigenvalue weighted by molar-refractivity contribution is 7.45. The summed E-state index contributed by atoms with van der Waals surface area (Å²) in [5.74, 6) is 0. The summed E-state index contributed by atoms with van der Waals surface area (Å²) in [6.45, 7) is 0.0382. The number of alkyl carbamates (subject to hydrolysis) is 1. The van der Waals surface area contributed by atoms with Gasteiger partial charge >= 0.3 is 13.9 Å². The number of carbonyl (C=O) groups is 1. The average molecular weight is 233 g/mol. The van der Waals surface area contributed by atoms with E-state index in [9.17, 15) is 9.18 Å². The van der Waals surface area contributed by atoms with Gasteiger partial charge in [0.15, 0.2) is 6.10 Å². The predicted octanol–water partition coefficient (Wildman–Crippen LogP) is -1.55. The molecule has 0 aliphatic carbocycles. The number of phosphoric acid groups is 1. The van der Waals surface area contributed by atoms with Crippen LogP contribution in [0.5, 0.6) is 0 Å². The second-order valence-electron chi connectivity index (χ2n) is 2.21. The van der Waals surface area contributed by atoms with E-state index in [1.165, 1.54) is 0 Å². The number of cyclic esters (lactones) is 1. The second kappa shape index (κ2) is 5.23. The highest BCUT2D eigenvalue weighted by Gasteiger charge is 2.28. The van der Waals surface area contributed by atoms with Gasteiger partial charge in [-0.25, -0.2) is 13.8 Å². The Kier molecular flexibility index (Phi) is 4.95. The van der Waals surface area contributed by atoms with E-state index in [0.29, 0.717) is 0 Å². The standard InChI is InChI=1S/C4H6FNO3.H3O4P/c5-3(7)2-1-6-4(8)9-2;1-5(2,3)4/h2-3,7H,1H2,(H,6,8);(H3,1,2,3,4). The van der Waals surface area contributed by atoms with Crippen molar-refractivity contribution < 1.29 is 38.3 Å². The Labute approximate surface area is 77.6 Å². The number of alkyl halides is 1. The smallest absolute Gasteiger partial charge is 0.439 e. The number of hydrogen-bond acceptors (Lipinski definition) is 4. The third kappa shape index (κ3) is 7.90. The zero-order chi connectivity index (χ0) is 11.4. The molecule has 1 rings (SSSR count). The molecule has 1 heterocycles. The zero-order valence-electron chi connectivity index (χ0n) is 6.70. The Morgan fingerprint density at radius 3 is 2.14 bits per heavy atom. The maximum Gasteiger partial charge on any atom is 0.466 e. The van der Waals surface area contributed by atoms with Crippen molar-refractivity contribution in [2.75, 3.05) is 6.54 Å². The van der Waals surface area contributed by atoms with Gasteiger partial charge in [0.05, 0.1) is 6.54 Å². The van der Waals surface area contributed by atoms with Crippen LogP contribution >= 0.6 is 7.82 Å². The minimum atomic E-state index is -4.64. The third-order valence-electron chi connectivity index (χ3n) is 1.01. The molecule has 84 valence electrons. The maximum absolute atomic E-state index is 11.8. The monoisotopic (exact) mass is 233 g/mol. The number of nitrogens with one attached hydrogen (secondary N) is 1. The number of rotatable bonds is 1. The van der Waals surface area contributed by atoms with Crippen LogP contribution in [-0.2, 0) is 9.30 Å². The largest absolute Gasteiger partial charge is 0.466 e. The zero-order valence-corrected chi connectivity index (χ0v) is 7.60. The van der Waals surface area contributed by atoms with Crippen molar-refractivity contribution in [2.24, 2.45) is 0 Å². The van der Waals surface area contributed by atoms with E-state index in [0.717, 1.165) is 0 Å². The van der Waals surface area contributed by atoms with Crippen LogP contribution in [0.3, 0.4) is 0 Å². The lowest BCUT2D eigenvalue weighted by Crippen LogP contribution is -2.25. The van der Waals surface area contributed by atoms with Crippen LogP contribution in [0.1, 0.15) is 0 Å². The molecule has 0 saturated carbocycles. The van der Waals surface area contributed by atoms with Gasteiger partial charge in [-0.3, -0.25) is 0 Å². The van der Waals surface area contributed by atoms with E-state index in [1.807, 2.05) is 0 Å². The van der Waals surface area contributed by atoms with Gasteiger partial charge in [0.2, 0.25) is 6.36 Å². The Morgan fingerprint density at radius 1 is 1.57 bits per heavy atom. The van der Waals surface area contributed by atoms with Gasteiger partial charge in [-0.1, -0.05) is 0 Å². The first-order chi connectivity index (χ1) is 6.20. The fourth-order valence-corrected chi connectivity index (χ4v) is 0.558. The van der Waals surface area contributed by atoms with E-state index in [2.05, 4.69) is 10.1 Å². The van der Waals surface area contributed by atoms with Gasteiger partial charge in [-0.15, -0.1) is 0 Å². The SMILES string of the molecule is O=C1NCC(C(O)F)O1.O=P(O)(O)O. The Bertz CT molecular complexity index is 232. The Hall–Kier alpha value is -0.730. The van der Waals surface area contributed by atoms with Crippen LogP contribution in [-0.4, -0.2) is 44.9 Å². The molecule has 0 aromatic carbocycles. The van der Waals surface area contributed by atoms with Crippen LogP contribution in [0.25, 0.3) is 0 Å². The molecule has 0 bridgehead atoms. The van der Waals surface area contributed by atoms with Crippen LogP contribution < -0.4 is 5.32 Å². The van der Waals surface area contributed by atoms with Crippen molar-refractivity contribution in [3.63, 3.8) is 0 Å². The lowest BCUT2D eigenvalue weighted by atomic mass is 10.4. The molecule has 0 spiro atoms. The predicted molar refractivity (Wildman–Crippen MR) is 39.6 cm³/mol. The summed E-state index contributed by atoms with van der Waals surface area (Å²) in [6, 6.07) is 0. The molecule has 1 aliphatic rings. The lowest BCUT2D eigenvalue weighted by Gasteiger charge is -2.05. The van der Waals surface area contributed by atoms with Crippen LogP contribution in [0.4, 0.5) is 9.18 Å². The van der Waals surface area contributed by atoms with Crippen LogP contribution in [0, 0.1) is 0 Å². The Balaban J connectivity index is 0.000000292. The minimum absolute atomic E-state index is 0.0382. The minimum Gasteiger partial charge on any atom is -0.439 e. The van der Waals surface area contributed by atoms with Crippen molar-refractivity contribution in [1.82, 2.24) is 5.32 Å². The normalized spacial score (nSPS) is 22.9. The second-order valence-corrected chi connectivity index (χ2v) is 3.24. The third-order valence-corrected chi connectivity index (χ3v) is 1.01. The van der Waals surface area contributed by atoms with Crippen LogP contribution in [0.15, 0.2) is 0 Å². The van der Waals surface area contributed by atoms with Crippen molar-refractivity contribution in [3.05, 3.63) is 0 Å².